The van der Waals surface area contributed by atoms with Gasteiger partial charge in [-0.25, -0.2) is 0 Å². The molecule has 0 bridgehead atoms. The van der Waals surface area contributed by atoms with Crippen molar-refractivity contribution < 1.29 is 9.53 Å². The van der Waals surface area contributed by atoms with Crippen LogP contribution in [0.5, 0.6) is 5.75 Å². The zero-order valence-electron chi connectivity index (χ0n) is 10.9. The average molecular weight is 252 g/mol. The summed E-state index contributed by atoms with van der Waals surface area (Å²) in [5.41, 5.74) is 3.54. The van der Waals surface area contributed by atoms with E-state index in [1.807, 2.05) is 30.3 Å². The van der Waals surface area contributed by atoms with Crippen LogP contribution in [0.1, 0.15) is 5.56 Å². The smallest absolute Gasteiger partial charge is 0.192 e. The van der Waals surface area contributed by atoms with Crippen molar-refractivity contribution in [3.05, 3.63) is 66.7 Å². The second-order valence-corrected chi connectivity index (χ2v) is 4.35. The Labute approximate surface area is 113 Å². The molecule has 0 heterocycles. The first-order valence-electron chi connectivity index (χ1n) is 6.14. The number of hydrogen-bond donors (Lipinski definition) is 0. The minimum Gasteiger partial charge on any atom is -0.485 e. The summed E-state index contributed by atoms with van der Waals surface area (Å²) in [6.07, 6.45) is 1.26. The second kappa shape index (κ2) is 6.01. The summed E-state index contributed by atoms with van der Waals surface area (Å²) >= 11 is 0. The lowest BCUT2D eigenvalue weighted by molar-refractivity contribution is -0.116. The number of rotatable bonds is 5. The minimum atomic E-state index is -0.122. The van der Waals surface area contributed by atoms with Gasteiger partial charge in [0, 0.05) is 0 Å². The highest BCUT2D eigenvalue weighted by Crippen LogP contribution is 2.23. The lowest BCUT2D eigenvalue weighted by Gasteiger charge is -2.06. The number of carbonyl (C=O) groups excluding carboxylic acids is 1. The zero-order chi connectivity index (χ0) is 13.7. The highest BCUT2D eigenvalue weighted by molar-refractivity contribution is 5.90. The van der Waals surface area contributed by atoms with Gasteiger partial charge in [-0.05, 0) is 36.3 Å². The normalized spacial score (nSPS) is 9.95. The lowest BCUT2D eigenvalue weighted by atomic mass is 10.0. The predicted octanol–water partition coefficient (Wildman–Crippen LogP) is 3.80. The molecule has 2 rings (SSSR count). The topological polar surface area (TPSA) is 26.3 Å². The Bertz CT molecular complexity index is 582. The molecule has 0 N–H and O–H groups in total. The Hall–Kier alpha value is -2.35. The second-order valence-electron chi connectivity index (χ2n) is 4.35. The molecular formula is C17H16O2. The molecule has 2 heteroatoms. The maximum absolute atomic E-state index is 11.1. The molecular weight excluding hydrogens is 236 g/mol. The van der Waals surface area contributed by atoms with Crippen molar-refractivity contribution >= 4 is 5.78 Å². The van der Waals surface area contributed by atoms with Crippen molar-refractivity contribution in [3.63, 3.8) is 0 Å². The summed E-state index contributed by atoms with van der Waals surface area (Å²) in [7, 11) is 0. The van der Waals surface area contributed by atoms with Crippen molar-refractivity contribution in [1.82, 2.24) is 0 Å². The Morgan fingerprint density at radius 1 is 1.16 bits per heavy atom. The van der Waals surface area contributed by atoms with Gasteiger partial charge in [-0.2, -0.15) is 0 Å². The first kappa shape index (κ1) is 13.1. The third-order valence-corrected chi connectivity index (χ3v) is 2.81. The molecule has 0 fully saturated rings. The summed E-state index contributed by atoms with van der Waals surface area (Å²) in [5, 5.41) is 0. The van der Waals surface area contributed by atoms with Crippen LogP contribution < -0.4 is 4.74 Å². The van der Waals surface area contributed by atoms with Crippen molar-refractivity contribution in [2.75, 3.05) is 6.61 Å². The number of carbonyl (C=O) groups is 1. The van der Waals surface area contributed by atoms with E-state index in [2.05, 4.69) is 31.7 Å². The number of benzene rings is 2. The van der Waals surface area contributed by atoms with Gasteiger partial charge in [-0.1, -0.05) is 48.5 Å². The number of ether oxygens (including phenoxy) is 1. The van der Waals surface area contributed by atoms with Crippen LogP contribution in [-0.2, 0) is 4.79 Å². The average Bonchev–Trinajstić information content (AvgIpc) is 2.45. The van der Waals surface area contributed by atoms with Crippen LogP contribution in [0.3, 0.4) is 0 Å². The Morgan fingerprint density at radius 2 is 1.89 bits per heavy atom. The fraction of sp³-hybridized carbons (Fsp3) is 0.118. The van der Waals surface area contributed by atoms with Crippen LogP contribution in [0.4, 0.5) is 0 Å². The monoisotopic (exact) mass is 252 g/mol. The fourth-order valence-electron chi connectivity index (χ4n) is 1.78. The van der Waals surface area contributed by atoms with E-state index in [0.717, 1.165) is 5.56 Å². The van der Waals surface area contributed by atoms with Crippen molar-refractivity contribution in [3.8, 4) is 16.9 Å². The third-order valence-electron chi connectivity index (χ3n) is 2.81. The summed E-state index contributed by atoms with van der Waals surface area (Å²) in [4.78, 5) is 11.1. The van der Waals surface area contributed by atoms with Crippen molar-refractivity contribution in [2.24, 2.45) is 0 Å². The molecule has 96 valence electrons. The van der Waals surface area contributed by atoms with Gasteiger partial charge in [0.15, 0.2) is 12.4 Å². The lowest BCUT2D eigenvalue weighted by Crippen LogP contribution is -2.07. The molecule has 0 aliphatic heterocycles. The molecule has 0 aliphatic rings. The summed E-state index contributed by atoms with van der Waals surface area (Å²) < 4.78 is 5.35. The van der Waals surface area contributed by atoms with E-state index in [4.69, 9.17) is 4.74 Å². The van der Waals surface area contributed by atoms with Gasteiger partial charge in [0.05, 0.1) is 0 Å². The maximum atomic E-state index is 11.1. The Balaban J connectivity index is 2.10. The van der Waals surface area contributed by atoms with Gasteiger partial charge in [-0.15, -0.1) is 0 Å². The molecule has 0 aliphatic carbocycles. The van der Waals surface area contributed by atoms with Gasteiger partial charge in [0.2, 0.25) is 0 Å². The molecule has 0 atom stereocenters. The van der Waals surface area contributed by atoms with Gasteiger partial charge in [0.25, 0.3) is 0 Å². The Morgan fingerprint density at radius 3 is 2.53 bits per heavy atom. The standard InChI is InChI=1S/C17H16O2/c1-3-16(18)12-19-17-9-7-14(8-10-17)15-6-4-5-13(2)11-15/h3-11H,1,12H2,2H3. The van der Waals surface area contributed by atoms with Crippen LogP contribution in [0.2, 0.25) is 0 Å². The van der Waals surface area contributed by atoms with E-state index in [1.165, 1.54) is 17.2 Å². The molecule has 0 amide bonds. The quantitative estimate of drug-likeness (QED) is 0.757. The van der Waals surface area contributed by atoms with E-state index in [1.54, 1.807) is 0 Å². The molecule has 0 aromatic heterocycles. The molecule has 0 saturated carbocycles. The molecule has 2 aromatic carbocycles. The van der Waals surface area contributed by atoms with E-state index in [-0.39, 0.29) is 12.4 Å². The highest BCUT2D eigenvalue weighted by atomic mass is 16.5. The minimum absolute atomic E-state index is 0.0350. The van der Waals surface area contributed by atoms with E-state index in [0.29, 0.717) is 5.75 Å². The van der Waals surface area contributed by atoms with Crippen LogP contribution >= 0.6 is 0 Å². The number of ketones is 1. The molecule has 19 heavy (non-hydrogen) atoms. The van der Waals surface area contributed by atoms with Gasteiger partial charge < -0.3 is 4.74 Å². The van der Waals surface area contributed by atoms with Crippen molar-refractivity contribution in [2.45, 2.75) is 6.92 Å². The largest absolute Gasteiger partial charge is 0.485 e. The first-order chi connectivity index (χ1) is 9.19. The predicted molar refractivity (Wildman–Crippen MR) is 77.3 cm³/mol. The van der Waals surface area contributed by atoms with E-state index >= 15 is 0 Å². The Kier molecular flexibility index (Phi) is 4.14. The summed E-state index contributed by atoms with van der Waals surface area (Å²) in [5.74, 6) is 0.564. The SMILES string of the molecule is C=CC(=O)COc1ccc(-c2cccc(C)c2)cc1. The molecule has 2 aromatic rings. The van der Waals surface area contributed by atoms with Crippen LogP contribution in [0, 0.1) is 6.92 Å². The maximum Gasteiger partial charge on any atom is 0.192 e. The van der Waals surface area contributed by atoms with Gasteiger partial charge in [-0.3, -0.25) is 4.79 Å². The molecule has 2 nitrogen and oxygen atoms in total. The van der Waals surface area contributed by atoms with E-state index < -0.39 is 0 Å². The summed E-state index contributed by atoms with van der Waals surface area (Å²) in [6, 6.07) is 16.0. The van der Waals surface area contributed by atoms with Crippen LogP contribution in [0.15, 0.2) is 61.2 Å². The zero-order valence-corrected chi connectivity index (χ0v) is 10.9. The first-order valence-corrected chi connectivity index (χ1v) is 6.14. The fourth-order valence-corrected chi connectivity index (χ4v) is 1.78. The highest BCUT2D eigenvalue weighted by Gasteiger charge is 2.01. The number of hydrogen-bond acceptors (Lipinski definition) is 2. The van der Waals surface area contributed by atoms with Gasteiger partial charge in [0.1, 0.15) is 5.75 Å². The van der Waals surface area contributed by atoms with Crippen LogP contribution in [-0.4, -0.2) is 12.4 Å². The van der Waals surface area contributed by atoms with Crippen molar-refractivity contribution in [1.29, 1.82) is 0 Å². The third kappa shape index (κ3) is 3.55. The molecule has 0 radical (unpaired) electrons. The molecule has 0 saturated heterocycles. The van der Waals surface area contributed by atoms with Gasteiger partial charge >= 0.3 is 0 Å². The molecule has 0 spiro atoms. The summed E-state index contributed by atoms with van der Waals surface area (Å²) in [6.45, 7) is 5.51. The molecule has 0 unspecified atom stereocenters. The van der Waals surface area contributed by atoms with E-state index in [9.17, 15) is 4.79 Å². The van der Waals surface area contributed by atoms with Crippen LogP contribution in [0.25, 0.3) is 11.1 Å². The number of aryl methyl sites for hydroxylation is 1.